The molecular formula is C10H17NO2. The monoisotopic (exact) mass is 183 g/mol. The summed E-state index contributed by atoms with van der Waals surface area (Å²) in [7, 11) is 0. The minimum Gasteiger partial charge on any atom is -0.480 e. The molecule has 2 unspecified atom stereocenters. The molecule has 3 heteroatoms. The lowest BCUT2D eigenvalue weighted by atomic mass is 9.87. The van der Waals surface area contributed by atoms with Crippen molar-refractivity contribution < 1.29 is 9.90 Å². The third kappa shape index (κ3) is 2.21. The molecular weight excluding hydrogens is 166 g/mol. The number of rotatable bonds is 5. The predicted octanol–water partition coefficient (Wildman–Crippen LogP) is 1.24. The van der Waals surface area contributed by atoms with Crippen LogP contribution in [0.1, 0.15) is 32.1 Å². The summed E-state index contributed by atoms with van der Waals surface area (Å²) in [5.41, 5.74) is 0. The summed E-state index contributed by atoms with van der Waals surface area (Å²) in [6.45, 7) is 0.904. The molecule has 2 atom stereocenters. The second-order valence-corrected chi connectivity index (χ2v) is 4.36. The zero-order valence-electron chi connectivity index (χ0n) is 7.83. The molecule has 2 aliphatic rings. The van der Waals surface area contributed by atoms with Crippen LogP contribution < -0.4 is 5.32 Å². The minimum absolute atomic E-state index is 0.251. The summed E-state index contributed by atoms with van der Waals surface area (Å²) in [6, 6.07) is -0.251. The Kier molecular flexibility index (Phi) is 2.54. The van der Waals surface area contributed by atoms with Gasteiger partial charge in [-0.1, -0.05) is 25.7 Å². The van der Waals surface area contributed by atoms with E-state index in [-0.39, 0.29) is 6.04 Å². The summed E-state index contributed by atoms with van der Waals surface area (Å²) in [6.07, 6.45) is 6.46. The van der Waals surface area contributed by atoms with Crippen molar-refractivity contribution in [2.75, 3.05) is 6.54 Å². The van der Waals surface area contributed by atoms with Crippen molar-refractivity contribution in [2.45, 2.75) is 38.1 Å². The van der Waals surface area contributed by atoms with Crippen LogP contribution in [0.4, 0.5) is 0 Å². The van der Waals surface area contributed by atoms with Gasteiger partial charge in [-0.3, -0.25) is 4.79 Å². The first-order valence-electron chi connectivity index (χ1n) is 5.23. The van der Waals surface area contributed by atoms with E-state index >= 15 is 0 Å². The van der Waals surface area contributed by atoms with Gasteiger partial charge in [0, 0.05) is 6.54 Å². The van der Waals surface area contributed by atoms with Crippen molar-refractivity contribution in [3.8, 4) is 0 Å². The van der Waals surface area contributed by atoms with Crippen molar-refractivity contribution in [2.24, 2.45) is 11.8 Å². The van der Waals surface area contributed by atoms with Crippen LogP contribution in [0.3, 0.4) is 0 Å². The zero-order valence-corrected chi connectivity index (χ0v) is 7.83. The van der Waals surface area contributed by atoms with Crippen LogP contribution in [0.5, 0.6) is 0 Å². The first-order chi connectivity index (χ1) is 6.27. The fourth-order valence-electron chi connectivity index (χ4n) is 2.04. The minimum atomic E-state index is -0.678. The number of hydrogen-bond donors (Lipinski definition) is 2. The Hall–Kier alpha value is -0.570. The largest absolute Gasteiger partial charge is 0.480 e. The predicted molar refractivity (Wildman–Crippen MR) is 49.5 cm³/mol. The van der Waals surface area contributed by atoms with E-state index in [2.05, 4.69) is 5.32 Å². The SMILES string of the molecule is O=C(O)C1NCC1CCCC1CC1. The van der Waals surface area contributed by atoms with Crippen LogP contribution in [-0.4, -0.2) is 23.7 Å². The molecule has 1 aliphatic heterocycles. The van der Waals surface area contributed by atoms with Gasteiger partial charge in [0.05, 0.1) is 0 Å². The summed E-state index contributed by atoms with van der Waals surface area (Å²) < 4.78 is 0. The molecule has 2 rings (SSSR count). The highest BCUT2D eigenvalue weighted by Gasteiger charge is 2.35. The molecule has 0 bridgehead atoms. The first kappa shape index (κ1) is 9.00. The van der Waals surface area contributed by atoms with Crippen LogP contribution in [-0.2, 0) is 4.79 Å². The fraction of sp³-hybridized carbons (Fsp3) is 0.900. The number of hydrogen-bond acceptors (Lipinski definition) is 2. The van der Waals surface area contributed by atoms with Gasteiger partial charge in [-0.25, -0.2) is 0 Å². The number of carbonyl (C=O) groups is 1. The fourth-order valence-corrected chi connectivity index (χ4v) is 2.04. The van der Waals surface area contributed by atoms with E-state index in [0.717, 1.165) is 18.9 Å². The zero-order chi connectivity index (χ0) is 9.26. The second kappa shape index (κ2) is 3.66. The van der Waals surface area contributed by atoms with E-state index in [0.29, 0.717) is 5.92 Å². The summed E-state index contributed by atoms with van der Waals surface area (Å²) >= 11 is 0. The van der Waals surface area contributed by atoms with E-state index < -0.39 is 5.97 Å². The number of carboxylic acid groups (broad SMARTS) is 1. The Bertz CT molecular complexity index is 201. The molecule has 1 aliphatic carbocycles. The number of carboxylic acids is 1. The average molecular weight is 183 g/mol. The number of nitrogens with one attached hydrogen (secondary N) is 1. The number of aliphatic carboxylic acids is 1. The van der Waals surface area contributed by atoms with Crippen molar-refractivity contribution in [3.63, 3.8) is 0 Å². The molecule has 13 heavy (non-hydrogen) atoms. The molecule has 0 aromatic heterocycles. The van der Waals surface area contributed by atoms with E-state index in [4.69, 9.17) is 5.11 Å². The standard InChI is InChI=1S/C10H17NO2/c12-10(13)9-8(6-11-9)3-1-2-7-4-5-7/h7-9,11H,1-6H2,(H,12,13). The third-order valence-corrected chi connectivity index (χ3v) is 3.22. The molecule has 74 valence electrons. The summed E-state index contributed by atoms with van der Waals surface area (Å²) in [4.78, 5) is 10.6. The quantitative estimate of drug-likeness (QED) is 0.674. The van der Waals surface area contributed by atoms with Gasteiger partial charge in [-0.15, -0.1) is 0 Å². The molecule has 0 aromatic carbocycles. The molecule has 2 N–H and O–H groups in total. The Morgan fingerprint density at radius 3 is 2.62 bits per heavy atom. The smallest absolute Gasteiger partial charge is 0.321 e. The third-order valence-electron chi connectivity index (χ3n) is 3.22. The van der Waals surface area contributed by atoms with Gasteiger partial charge in [0.2, 0.25) is 0 Å². The lowest BCUT2D eigenvalue weighted by Gasteiger charge is -2.34. The van der Waals surface area contributed by atoms with E-state index in [1.54, 1.807) is 0 Å². The molecule has 3 nitrogen and oxygen atoms in total. The molecule has 0 aromatic rings. The summed E-state index contributed by atoms with van der Waals surface area (Å²) in [5.74, 6) is 0.704. The normalized spacial score (nSPS) is 32.6. The molecule has 0 radical (unpaired) electrons. The molecule has 0 spiro atoms. The maximum absolute atomic E-state index is 10.6. The molecule has 2 fully saturated rings. The van der Waals surface area contributed by atoms with Gasteiger partial charge >= 0.3 is 5.97 Å². The van der Waals surface area contributed by atoms with Crippen LogP contribution in [0.25, 0.3) is 0 Å². The van der Waals surface area contributed by atoms with E-state index in [1.165, 1.54) is 25.7 Å². The van der Waals surface area contributed by atoms with Gasteiger partial charge in [0.15, 0.2) is 0 Å². The molecule has 1 heterocycles. The Morgan fingerprint density at radius 1 is 1.38 bits per heavy atom. The Morgan fingerprint density at radius 2 is 2.15 bits per heavy atom. The Balaban J connectivity index is 1.61. The average Bonchev–Trinajstić information content (AvgIpc) is 2.77. The van der Waals surface area contributed by atoms with Gasteiger partial charge in [-0.05, 0) is 18.3 Å². The Labute approximate surface area is 78.5 Å². The lowest BCUT2D eigenvalue weighted by molar-refractivity contribution is -0.143. The highest BCUT2D eigenvalue weighted by Crippen LogP contribution is 2.35. The maximum Gasteiger partial charge on any atom is 0.321 e. The van der Waals surface area contributed by atoms with E-state index in [9.17, 15) is 4.79 Å². The molecule has 1 saturated carbocycles. The van der Waals surface area contributed by atoms with E-state index in [1.807, 2.05) is 0 Å². The van der Waals surface area contributed by atoms with Gasteiger partial charge in [0.1, 0.15) is 6.04 Å². The topological polar surface area (TPSA) is 49.3 Å². The van der Waals surface area contributed by atoms with Crippen molar-refractivity contribution in [3.05, 3.63) is 0 Å². The van der Waals surface area contributed by atoms with Crippen LogP contribution in [0.15, 0.2) is 0 Å². The first-order valence-corrected chi connectivity index (χ1v) is 5.23. The van der Waals surface area contributed by atoms with Gasteiger partial charge in [0.25, 0.3) is 0 Å². The van der Waals surface area contributed by atoms with Gasteiger partial charge in [-0.2, -0.15) is 0 Å². The van der Waals surface area contributed by atoms with Crippen LogP contribution in [0, 0.1) is 11.8 Å². The molecule has 1 saturated heterocycles. The maximum atomic E-state index is 10.6. The highest BCUT2D eigenvalue weighted by atomic mass is 16.4. The van der Waals surface area contributed by atoms with Crippen molar-refractivity contribution in [1.82, 2.24) is 5.32 Å². The van der Waals surface area contributed by atoms with Crippen molar-refractivity contribution in [1.29, 1.82) is 0 Å². The van der Waals surface area contributed by atoms with Crippen LogP contribution in [0.2, 0.25) is 0 Å². The van der Waals surface area contributed by atoms with Crippen molar-refractivity contribution >= 4 is 5.97 Å². The second-order valence-electron chi connectivity index (χ2n) is 4.36. The van der Waals surface area contributed by atoms with Crippen LogP contribution >= 0.6 is 0 Å². The highest BCUT2D eigenvalue weighted by molar-refractivity contribution is 5.75. The lowest BCUT2D eigenvalue weighted by Crippen LogP contribution is -2.57. The molecule has 0 amide bonds. The summed E-state index contributed by atoms with van der Waals surface area (Å²) in [5, 5.41) is 11.7. The van der Waals surface area contributed by atoms with Gasteiger partial charge < -0.3 is 10.4 Å².